The summed E-state index contributed by atoms with van der Waals surface area (Å²) in [7, 11) is -3.60. The smallest absolute Gasteiger partial charge is 0.248 e. The Bertz CT molecular complexity index is 365. The third-order valence-corrected chi connectivity index (χ3v) is 4.06. The van der Waals surface area contributed by atoms with Gasteiger partial charge in [-0.2, -0.15) is 0 Å². The first-order chi connectivity index (χ1) is 7.80. The normalized spacial score (nSPS) is 19.7. The minimum atomic E-state index is -3.60. The van der Waals surface area contributed by atoms with E-state index in [1.165, 1.54) is 6.92 Å². The molecule has 3 N–H and O–H groups in total. The van der Waals surface area contributed by atoms with Crippen molar-refractivity contribution in [2.75, 3.05) is 13.2 Å². The molecule has 0 bridgehead atoms. The molecule has 0 aromatic rings. The molecular formula is C10H20N2O4S. The van der Waals surface area contributed by atoms with E-state index in [2.05, 4.69) is 5.32 Å². The highest BCUT2D eigenvalue weighted by Gasteiger charge is 2.24. The van der Waals surface area contributed by atoms with Crippen molar-refractivity contribution in [3.8, 4) is 0 Å². The summed E-state index contributed by atoms with van der Waals surface area (Å²) in [6, 6.07) is 0. The van der Waals surface area contributed by atoms with Crippen molar-refractivity contribution in [3.05, 3.63) is 0 Å². The summed E-state index contributed by atoms with van der Waals surface area (Å²) in [6.45, 7) is 3.71. The number of amides is 1. The number of hydrogen-bond donors (Lipinski definition) is 2. The average Bonchev–Trinajstić information content (AvgIpc) is 3.04. The zero-order valence-electron chi connectivity index (χ0n) is 10.2. The first kappa shape index (κ1) is 14.4. The zero-order chi connectivity index (χ0) is 13.1. The van der Waals surface area contributed by atoms with Gasteiger partial charge in [0, 0.05) is 6.54 Å². The fraction of sp³-hybridized carbons (Fsp3) is 0.900. The second-order valence-corrected chi connectivity index (χ2v) is 6.55. The van der Waals surface area contributed by atoms with Crippen LogP contribution < -0.4 is 10.5 Å². The van der Waals surface area contributed by atoms with E-state index in [9.17, 15) is 13.2 Å². The molecule has 0 saturated heterocycles. The number of hydrogen-bond acceptors (Lipinski definition) is 4. The van der Waals surface area contributed by atoms with Crippen molar-refractivity contribution >= 4 is 15.9 Å². The number of rotatable bonds is 7. The van der Waals surface area contributed by atoms with Gasteiger partial charge in [0.05, 0.1) is 11.9 Å². The number of carbonyl (C=O) groups excluding carboxylic acids is 1. The lowest BCUT2D eigenvalue weighted by Gasteiger charge is -2.15. The number of carbonyl (C=O) groups is 1. The van der Waals surface area contributed by atoms with E-state index in [-0.39, 0.29) is 12.5 Å². The monoisotopic (exact) mass is 264 g/mol. The van der Waals surface area contributed by atoms with E-state index in [0.29, 0.717) is 12.5 Å². The first-order valence-corrected chi connectivity index (χ1v) is 7.32. The first-order valence-electron chi connectivity index (χ1n) is 5.71. The van der Waals surface area contributed by atoms with Crippen LogP contribution in [0.3, 0.4) is 0 Å². The highest BCUT2D eigenvalue weighted by Crippen LogP contribution is 2.29. The molecule has 0 unspecified atom stereocenters. The molecule has 100 valence electrons. The maximum Gasteiger partial charge on any atom is 0.248 e. The summed E-state index contributed by atoms with van der Waals surface area (Å²) in [5.74, 6) is 0.287. The van der Waals surface area contributed by atoms with Crippen LogP contribution in [0.2, 0.25) is 0 Å². The van der Waals surface area contributed by atoms with Gasteiger partial charge in [-0.3, -0.25) is 4.79 Å². The lowest BCUT2D eigenvalue weighted by molar-refractivity contribution is -0.131. The summed E-state index contributed by atoms with van der Waals surface area (Å²) in [5, 5.41) is 6.66. The Hall–Kier alpha value is -0.660. The molecule has 17 heavy (non-hydrogen) atoms. The van der Waals surface area contributed by atoms with E-state index < -0.39 is 21.4 Å². The Morgan fingerprint density at radius 2 is 2.06 bits per heavy atom. The summed E-state index contributed by atoms with van der Waals surface area (Å²) in [6.07, 6.45) is 1.77. The minimum Gasteiger partial charge on any atom is -0.368 e. The summed E-state index contributed by atoms with van der Waals surface area (Å²) in [4.78, 5) is 11.5. The van der Waals surface area contributed by atoms with Gasteiger partial charge in [0.2, 0.25) is 15.9 Å². The summed E-state index contributed by atoms with van der Waals surface area (Å²) in [5.41, 5.74) is 0. The van der Waals surface area contributed by atoms with Crippen LogP contribution in [0, 0.1) is 5.92 Å². The molecule has 0 radical (unpaired) electrons. The number of primary sulfonamides is 1. The third-order valence-electron chi connectivity index (χ3n) is 2.77. The Kier molecular flexibility index (Phi) is 4.91. The predicted octanol–water partition coefficient (Wildman–Crippen LogP) is -0.405. The van der Waals surface area contributed by atoms with E-state index in [1.54, 1.807) is 6.92 Å². The summed E-state index contributed by atoms with van der Waals surface area (Å²) < 4.78 is 27.2. The SMILES string of the molecule is C[C@H](OCC1CC1)C(=O)NC[C@H](C)S(N)(=O)=O. The van der Waals surface area contributed by atoms with Crippen LogP contribution in [-0.2, 0) is 19.6 Å². The van der Waals surface area contributed by atoms with Gasteiger partial charge in [-0.15, -0.1) is 0 Å². The predicted molar refractivity (Wildman–Crippen MR) is 63.7 cm³/mol. The molecule has 2 atom stereocenters. The van der Waals surface area contributed by atoms with Gasteiger partial charge in [-0.25, -0.2) is 13.6 Å². The number of nitrogens with one attached hydrogen (secondary N) is 1. The second-order valence-electron chi connectivity index (χ2n) is 4.56. The van der Waals surface area contributed by atoms with Gasteiger partial charge in [0.25, 0.3) is 0 Å². The molecule has 1 rings (SSSR count). The molecule has 1 amide bonds. The molecular weight excluding hydrogens is 244 g/mol. The minimum absolute atomic E-state index is 0.00873. The maximum absolute atomic E-state index is 11.5. The van der Waals surface area contributed by atoms with Crippen molar-refractivity contribution in [2.24, 2.45) is 11.1 Å². The van der Waals surface area contributed by atoms with Gasteiger partial charge in [-0.05, 0) is 32.6 Å². The fourth-order valence-electron chi connectivity index (χ4n) is 1.14. The fourth-order valence-corrected chi connectivity index (χ4v) is 1.46. The van der Waals surface area contributed by atoms with Gasteiger partial charge in [0.1, 0.15) is 6.10 Å². The molecule has 0 aromatic heterocycles. The lowest BCUT2D eigenvalue weighted by Crippen LogP contribution is -2.42. The van der Waals surface area contributed by atoms with E-state index in [1.807, 2.05) is 0 Å². The Morgan fingerprint density at radius 1 is 1.47 bits per heavy atom. The maximum atomic E-state index is 11.5. The van der Waals surface area contributed by atoms with Gasteiger partial charge in [-0.1, -0.05) is 0 Å². The van der Waals surface area contributed by atoms with E-state index in [0.717, 1.165) is 12.8 Å². The third kappa shape index (κ3) is 5.47. The lowest BCUT2D eigenvalue weighted by atomic mass is 10.3. The van der Waals surface area contributed by atoms with Gasteiger partial charge in [0.15, 0.2) is 0 Å². The van der Waals surface area contributed by atoms with E-state index >= 15 is 0 Å². The quantitative estimate of drug-likeness (QED) is 0.653. The van der Waals surface area contributed by atoms with Crippen LogP contribution in [0.4, 0.5) is 0 Å². The average molecular weight is 264 g/mol. The highest BCUT2D eigenvalue weighted by atomic mass is 32.2. The molecule has 1 fully saturated rings. The molecule has 7 heteroatoms. The molecule has 0 aliphatic heterocycles. The van der Waals surface area contributed by atoms with Crippen LogP contribution >= 0.6 is 0 Å². The molecule has 0 heterocycles. The largest absolute Gasteiger partial charge is 0.368 e. The van der Waals surface area contributed by atoms with E-state index in [4.69, 9.17) is 9.88 Å². The number of ether oxygens (including phenoxy) is 1. The van der Waals surface area contributed by atoms with Crippen molar-refractivity contribution in [2.45, 2.75) is 38.0 Å². The highest BCUT2D eigenvalue weighted by molar-refractivity contribution is 7.89. The van der Waals surface area contributed by atoms with Crippen molar-refractivity contribution in [1.82, 2.24) is 5.32 Å². The summed E-state index contributed by atoms with van der Waals surface area (Å²) >= 11 is 0. The molecule has 1 aliphatic carbocycles. The molecule has 6 nitrogen and oxygen atoms in total. The van der Waals surface area contributed by atoms with Gasteiger partial charge < -0.3 is 10.1 Å². The Morgan fingerprint density at radius 3 is 2.53 bits per heavy atom. The molecule has 1 aliphatic rings. The molecule has 0 aromatic carbocycles. The Labute approximate surface area is 102 Å². The van der Waals surface area contributed by atoms with Crippen LogP contribution in [0.15, 0.2) is 0 Å². The number of nitrogens with two attached hydrogens (primary N) is 1. The zero-order valence-corrected chi connectivity index (χ0v) is 11.0. The molecule has 0 spiro atoms. The van der Waals surface area contributed by atoms with Crippen molar-refractivity contribution < 1.29 is 17.9 Å². The van der Waals surface area contributed by atoms with Crippen molar-refractivity contribution in [1.29, 1.82) is 0 Å². The van der Waals surface area contributed by atoms with Crippen LogP contribution in [0.25, 0.3) is 0 Å². The standard InChI is InChI=1S/C10H20N2O4S/c1-7(17(11,14)15)5-12-10(13)8(2)16-6-9-3-4-9/h7-9H,3-6H2,1-2H3,(H,12,13)(H2,11,14,15)/t7-,8-/m0/s1. The van der Waals surface area contributed by atoms with Crippen molar-refractivity contribution in [3.63, 3.8) is 0 Å². The topological polar surface area (TPSA) is 98.5 Å². The van der Waals surface area contributed by atoms with Crippen LogP contribution in [0.1, 0.15) is 26.7 Å². The van der Waals surface area contributed by atoms with Crippen LogP contribution in [-0.4, -0.2) is 38.8 Å². The van der Waals surface area contributed by atoms with Crippen LogP contribution in [0.5, 0.6) is 0 Å². The Balaban J connectivity index is 2.23. The second kappa shape index (κ2) is 5.79. The number of sulfonamides is 1. The molecule has 1 saturated carbocycles. The van der Waals surface area contributed by atoms with Gasteiger partial charge >= 0.3 is 0 Å².